The highest BCUT2D eigenvalue weighted by atomic mass is 35.5. The highest BCUT2D eigenvalue weighted by Crippen LogP contribution is 2.28. The van der Waals surface area contributed by atoms with Gasteiger partial charge in [-0.15, -0.1) is 20.4 Å². The molecule has 12 heteroatoms. The van der Waals surface area contributed by atoms with Crippen LogP contribution in [0.2, 0.25) is 10.0 Å². The van der Waals surface area contributed by atoms with Crippen molar-refractivity contribution in [3.05, 3.63) is 39.1 Å². The lowest BCUT2D eigenvalue weighted by Crippen LogP contribution is -2.14. The number of ether oxygens (including phenoxy) is 1. The first-order valence-electron chi connectivity index (χ1n) is 8.75. The number of aromatic nitrogens is 5. The van der Waals surface area contributed by atoms with Gasteiger partial charge >= 0.3 is 0 Å². The maximum Gasteiger partial charge on any atom is 0.236 e. The van der Waals surface area contributed by atoms with Crippen LogP contribution in [-0.2, 0) is 24.4 Å². The molecule has 3 rings (SSSR count). The highest BCUT2D eigenvalue weighted by Gasteiger charge is 2.15. The number of carbonyl (C=O) groups is 1. The molecule has 3 aromatic rings. The summed E-state index contributed by atoms with van der Waals surface area (Å²) in [7, 11) is 0. The van der Waals surface area contributed by atoms with Crippen LogP contribution in [0.3, 0.4) is 0 Å². The Morgan fingerprint density at radius 3 is 2.76 bits per heavy atom. The minimum absolute atomic E-state index is 0.176. The average molecular weight is 473 g/mol. The zero-order valence-corrected chi connectivity index (χ0v) is 18.8. The third kappa shape index (κ3) is 5.81. The van der Waals surface area contributed by atoms with Crippen LogP contribution in [0.4, 0.5) is 5.13 Å². The van der Waals surface area contributed by atoms with Crippen LogP contribution in [0.15, 0.2) is 23.4 Å². The maximum atomic E-state index is 12.2. The van der Waals surface area contributed by atoms with Crippen molar-refractivity contribution in [3.63, 3.8) is 0 Å². The van der Waals surface area contributed by atoms with Gasteiger partial charge in [-0.25, -0.2) is 0 Å². The molecule has 0 saturated heterocycles. The van der Waals surface area contributed by atoms with E-state index in [4.69, 9.17) is 27.9 Å². The lowest BCUT2D eigenvalue weighted by molar-refractivity contribution is -0.113. The fourth-order valence-corrected chi connectivity index (χ4v) is 4.30. The minimum Gasteiger partial charge on any atom is -0.484 e. The molecule has 8 nitrogen and oxygen atoms in total. The first-order chi connectivity index (χ1) is 14.0. The van der Waals surface area contributed by atoms with Crippen molar-refractivity contribution >= 4 is 57.3 Å². The SMILES string of the molecule is CCc1nnc(NC(=O)CSc2nnc(COc3ccc(Cl)cc3Cl)n2CC)s1. The molecule has 2 aromatic heterocycles. The highest BCUT2D eigenvalue weighted by molar-refractivity contribution is 7.99. The number of halogens is 2. The van der Waals surface area contributed by atoms with Crippen LogP contribution >= 0.6 is 46.3 Å². The fraction of sp³-hybridized carbons (Fsp3) is 0.353. The number of carbonyl (C=O) groups excluding carboxylic acids is 1. The molecule has 0 unspecified atom stereocenters. The average Bonchev–Trinajstić information content (AvgIpc) is 3.31. The van der Waals surface area contributed by atoms with Gasteiger partial charge in [0.2, 0.25) is 11.0 Å². The van der Waals surface area contributed by atoms with Gasteiger partial charge in [0.1, 0.15) is 17.4 Å². The third-order valence-corrected chi connectivity index (χ3v) is 6.19. The third-order valence-electron chi connectivity index (χ3n) is 3.71. The van der Waals surface area contributed by atoms with Crippen LogP contribution < -0.4 is 10.1 Å². The van der Waals surface area contributed by atoms with Gasteiger partial charge in [0, 0.05) is 11.6 Å². The van der Waals surface area contributed by atoms with Crippen molar-refractivity contribution in [2.75, 3.05) is 11.1 Å². The lowest BCUT2D eigenvalue weighted by atomic mass is 10.3. The topological polar surface area (TPSA) is 94.8 Å². The van der Waals surface area contributed by atoms with E-state index in [1.807, 2.05) is 18.4 Å². The summed E-state index contributed by atoms with van der Waals surface area (Å²) in [6.45, 7) is 4.79. The predicted molar refractivity (Wildman–Crippen MR) is 115 cm³/mol. The number of thioether (sulfide) groups is 1. The Morgan fingerprint density at radius 1 is 1.24 bits per heavy atom. The van der Waals surface area contributed by atoms with E-state index in [2.05, 4.69) is 25.7 Å². The molecule has 154 valence electrons. The molecule has 0 fully saturated rings. The molecule has 0 atom stereocenters. The molecule has 0 aliphatic carbocycles. The van der Waals surface area contributed by atoms with E-state index >= 15 is 0 Å². The molecule has 1 N–H and O–H groups in total. The van der Waals surface area contributed by atoms with Crippen LogP contribution in [0, 0.1) is 0 Å². The molecule has 29 heavy (non-hydrogen) atoms. The second kappa shape index (κ2) is 10.2. The van der Waals surface area contributed by atoms with E-state index in [9.17, 15) is 4.79 Å². The smallest absolute Gasteiger partial charge is 0.236 e. The normalized spacial score (nSPS) is 10.9. The van der Waals surface area contributed by atoms with Gasteiger partial charge in [-0.05, 0) is 31.5 Å². The summed E-state index contributed by atoms with van der Waals surface area (Å²) in [5, 5.41) is 22.0. The Kier molecular flexibility index (Phi) is 7.70. The van der Waals surface area contributed by atoms with Crippen LogP contribution in [0.1, 0.15) is 24.7 Å². The number of hydrogen-bond donors (Lipinski definition) is 1. The van der Waals surface area contributed by atoms with Crippen LogP contribution in [0.5, 0.6) is 5.75 Å². The number of anilines is 1. The molecular formula is C17H18Cl2N6O2S2. The number of aryl methyl sites for hydroxylation is 1. The maximum absolute atomic E-state index is 12.2. The van der Waals surface area contributed by atoms with Crippen molar-refractivity contribution in [2.45, 2.75) is 38.6 Å². The van der Waals surface area contributed by atoms with Crippen molar-refractivity contribution in [1.29, 1.82) is 0 Å². The summed E-state index contributed by atoms with van der Waals surface area (Å²) in [5.74, 6) is 1.16. The van der Waals surface area contributed by atoms with E-state index in [0.717, 1.165) is 11.4 Å². The van der Waals surface area contributed by atoms with Gasteiger partial charge in [0.15, 0.2) is 11.0 Å². The van der Waals surface area contributed by atoms with Gasteiger partial charge in [-0.3, -0.25) is 10.1 Å². The predicted octanol–water partition coefficient (Wildman–Crippen LogP) is 4.33. The van der Waals surface area contributed by atoms with Crippen molar-refractivity contribution in [3.8, 4) is 5.75 Å². The number of nitrogens with zero attached hydrogens (tertiary/aromatic N) is 5. The van der Waals surface area contributed by atoms with E-state index < -0.39 is 0 Å². The number of benzene rings is 1. The first kappa shape index (κ1) is 21.8. The van der Waals surface area contributed by atoms with Gasteiger partial charge in [-0.1, -0.05) is 53.2 Å². The van der Waals surface area contributed by atoms with Gasteiger partial charge < -0.3 is 9.30 Å². The molecule has 0 aliphatic rings. The monoisotopic (exact) mass is 472 g/mol. The second-order valence-electron chi connectivity index (χ2n) is 5.70. The quantitative estimate of drug-likeness (QED) is 0.463. The second-order valence-corrected chi connectivity index (χ2v) is 8.55. The number of rotatable bonds is 9. The van der Waals surface area contributed by atoms with Gasteiger partial charge in [0.25, 0.3) is 0 Å². The van der Waals surface area contributed by atoms with Crippen LogP contribution in [0.25, 0.3) is 0 Å². The van der Waals surface area contributed by atoms with Gasteiger partial charge in [-0.2, -0.15) is 0 Å². The number of amides is 1. The van der Waals surface area contributed by atoms with E-state index in [1.54, 1.807) is 18.2 Å². The molecular weight excluding hydrogens is 455 g/mol. The molecule has 0 saturated carbocycles. The first-order valence-corrected chi connectivity index (χ1v) is 11.3. The standard InChI is InChI=1S/C17H18Cl2N6O2S2/c1-3-15-22-23-16(29-15)20-14(26)9-28-17-24-21-13(25(17)4-2)8-27-12-6-5-10(18)7-11(12)19/h5-7H,3-4,8-9H2,1-2H3,(H,20,23,26). The summed E-state index contributed by atoms with van der Waals surface area (Å²) in [6, 6.07) is 5.02. The van der Waals surface area contributed by atoms with E-state index in [1.165, 1.54) is 23.1 Å². The zero-order valence-electron chi connectivity index (χ0n) is 15.7. The Hall–Kier alpha value is -1.88. The largest absolute Gasteiger partial charge is 0.484 e. The summed E-state index contributed by atoms with van der Waals surface area (Å²) < 4.78 is 7.63. The minimum atomic E-state index is -0.176. The summed E-state index contributed by atoms with van der Waals surface area (Å²) >= 11 is 14.7. The summed E-state index contributed by atoms with van der Waals surface area (Å²) in [4.78, 5) is 12.2. The Balaban J connectivity index is 1.57. The molecule has 1 amide bonds. The van der Waals surface area contributed by atoms with Crippen molar-refractivity contribution in [2.24, 2.45) is 0 Å². The van der Waals surface area contributed by atoms with Crippen LogP contribution in [-0.4, -0.2) is 36.6 Å². The number of hydrogen-bond acceptors (Lipinski definition) is 8. The molecule has 1 aromatic carbocycles. The zero-order chi connectivity index (χ0) is 20.8. The molecule has 0 aliphatic heterocycles. The summed E-state index contributed by atoms with van der Waals surface area (Å²) in [6.07, 6.45) is 0.786. The fourth-order valence-electron chi connectivity index (χ4n) is 2.32. The van der Waals surface area contributed by atoms with E-state index in [-0.39, 0.29) is 18.3 Å². The molecule has 2 heterocycles. The molecule has 0 radical (unpaired) electrons. The summed E-state index contributed by atoms with van der Waals surface area (Å²) in [5.41, 5.74) is 0. The van der Waals surface area contributed by atoms with E-state index in [0.29, 0.717) is 38.5 Å². The molecule has 0 bridgehead atoms. The Morgan fingerprint density at radius 2 is 2.07 bits per heavy atom. The van der Waals surface area contributed by atoms with Crippen molar-refractivity contribution in [1.82, 2.24) is 25.0 Å². The number of nitrogens with one attached hydrogen (secondary N) is 1. The Labute approximate surface area is 186 Å². The Bertz CT molecular complexity index is 994. The molecule has 0 spiro atoms. The van der Waals surface area contributed by atoms with Crippen molar-refractivity contribution < 1.29 is 9.53 Å². The van der Waals surface area contributed by atoms with Gasteiger partial charge in [0.05, 0.1) is 10.8 Å². The lowest BCUT2D eigenvalue weighted by Gasteiger charge is -2.10.